The molecule has 1 saturated heterocycles. The fourth-order valence-corrected chi connectivity index (χ4v) is 2.59. The van der Waals surface area contributed by atoms with Crippen molar-refractivity contribution in [3.8, 4) is 11.5 Å². The number of hydrogen-bond acceptors (Lipinski definition) is 5. The summed E-state index contributed by atoms with van der Waals surface area (Å²) in [5, 5.41) is 8.01. The zero-order valence-electron chi connectivity index (χ0n) is 12.7. The topological polar surface area (TPSA) is 72.1 Å². The molecule has 0 saturated carbocycles. The van der Waals surface area contributed by atoms with E-state index in [-0.39, 0.29) is 5.91 Å². The summed E-state index contributed by atoms with van der Waals surface area (Å²) in [5.74, 6) is 1.84. The fraction of sp³-hybridized carbons (Fsp3) is 0.500. The highest BCUT2D eigenvalue weighted by Crippen LogP contribution is 2.19. The first-order chi connectivity index (χ1) is 10.7. The minimum atomic E-state index is 0.174. The summed E-state index contributed by atoms with van der Waals surface area (Å²) in [6, 6.07) is 3.68. The molecule has 1 amide bonds. The van der Waals surface area contributed by atoms with Crippen molar-refractivity contribution in [1.82, 2.24) is 20.1 Å². The maximum atomic E-state index is 12.2. The number of amides is 1. The van der Waals surface area contributed by atoms with E-state index < -0.39 is 0 Å². The van der Waals surface area contributed by atoms with E-state index in [0.717, 1.165) is 37.4 Å². The molecule has 3 rings (SSSR count). The number of piperidine rings is 1. The quantitative estimate of drug-likeness (QED) is 0.866. The highest BCUT2D eigenvalue weighted by Gasteiger charge is 2.20. The molecule has 0 bridgehead atoms. The number of pyridine rings is 1. The molecule has 116 valence electrons. The smallest absolute Gasteiger partial charge is 0.249 e. The van der Waals surface area contributed by atoms with E-state index in [1.165, 1.54) is 0 Å². The van der Waals surface area contributed by atoms with Gasteiger partial charge in [-0.25, -0.2) is 0 Å². The van der Waals surface area contributed by atoms with Crippen molar-refractivity contribution < 1.29 is 9.21 Å². The van der Waals surface area contributed by atoms with Crippen LogP contribution in [0.15, 0.2) is 28.9 Å². The maximum Gasteiger partial charge on any atom is 0.249 e. The Morgan fingerprint density at radius 2 is 2.18 bits per heavy atom. The number of aryl methyl sites for hydroxylation is 1. The number of rotatable bonds is 4. The molecule has 0 N–H and O–H groups in total. The van der Waals surface area contributed by atoms with Gasteiger partial charge in [-0.15, -0.1) is 10.2 Å². The Kier molecular flexibility index (Phi) is 4.46. The van der Waals surface area contributed by atoms with E-state index in [1.54, 1.807) is 12.4 Å². The van der Waals surface area contributed by atoms with Crippen molar-refractivity contribution in [2.24, 2.45) is 5.92 Å². The van der Waals surface area contributed by atoms with Crippen LogP contribution in [0.25, 0.3) is 11.5 Å². The lowest BCUT2D eigenvalue weighted by Gasteiger charge is -2.30. The van der Waals surface area contributed by atoms with Crippen molar-refractivity contribution >= 4 is 5.91 Å². The molecule has 3 heterocycles. The first kappa shape index (κ1) is 14.7. The Labute approximate surface area is 129 Å². The molecule has 0 spiro atoms. The average Bonchev–Trinajstić information content (AvgIpc) is 3.03. The van der Waals surface area contributed by atoms with Crippen LogP contribution in [0.1, 0.15) is 32.1 Å². The molecule has 0 unspecified atom stereocenters. The van der Waals surface area contributed by atoms with Crippen LogP contribution in [0.5, 0.6) is 0 Å². The van der Waals surface area contributed by atoms with Crippen LogP contribution in [-0.2, 0) is 11.2 Å². The van der Waals surface area contributed by atoms with Gasteiger partial charge in [0.1, 0.15) is 0 Å². The molecule has 2 aromatic heterocycles. The Balaban J connectivity index is 1.54. The van der Waals surface area contributed by atoms with E-state index in [4.69, 9.17) is 4.42 Å². The van der Waals surface area contributed by atoms with Crippen LogP contribution in [0.4, 0.5) is 0 Å². The third kappa shape index (κ3) is 3.50. The zero-order chi connectivity index (χ0) is 15.4. The van der Waals surface area contributed by atoms with Crippen LogP contribution < -0.4 is 0 Å². The summed E-state index contributed by atoms with van der Waals surface area (Å²) in [5.41, 5.74) is 0.789. The molecule has 0 radical (unpaired) electrons. The molecular weight excluding hydrogens is 280 g/mol. The first-order valence-corrected chi connectivity index (χ1v) is 7.73. The number of carbonyl (C=O) groups is 1. The predicted octanol–water partition coefficient (Wildman–Crippen LogP) is 2.32. The van der Waals surface area contributed by atoms with Crippen LogP contribution in [0.2, 0.25) is 0 Å². The second-order valence-corrected chi connectivity index (χ2v) is 5.81. The van der Waals surface area contributed by atoms with E-state index >= 15 is 0 Å². The fourth-order valence-electron chi connectivity index (χ4n) is 2.59. The van der Waals surface area contributed by atoms with Gasteiger partial charge < -0.3 is 9.32 Å². The molecule has 1 fully saturated rings. The Bertz CT molecular complexity index is 618. The third-order valence-electron chi connectivity index (χ3n) is 4.06. The first-order valence-electron chi connectivity index (χ1n) is 7.73. The maximum absolute atomic E-state index is 12.2. The van der Waals surface area contributed by atoms with Gasteiger partial charge in [-0.2, -0.15) is 0 Å². The van der Waals surface area contributed by atoms with Gasteiger partial charge in [0, 0.05) is 38.3 Å². The van der Waals surface area contributed by atoms with Crippen molar-refractivity contribution in [2.75, 3.05) is 13.1 Å². The highest BCUT2D eigenvalue weighted by atomic mass is 16.4. The minimum Gasteiger partial charge on any atom is -0.421 e. The third-order valence-corrected chi connectivity index (χ3v) is 4.06. The molecule has 0 aromatic carbocycles. The monoisotopic (exact) mass is 300 g/mol. The summed E-state index contributed by atoms with van der Waals surface area (Å²) in [7, 11) is 0. The van der Waals surface area contributed by atoms with Gasteiger partial charge in [0.25, 0.3) is 0 Å². The van der Waals surface area contributed by atoms with E-state index in [9.17, 15) is 4.79 Å². The number of carbonyl (C=O) groups excluding carboxylic acids is 1. The Hall–Kier alpha value is -2.24. The summed E-state index contributed by atoms with van der Waals surface area (Å²) in [4.78, 5) is 18.1. The van der Waals surface area contributed by atoms with Crippen molar-refractivity contribution in [3.63, 3.8) is 0 Å². The molecule has 0 atom stereocenters. The lowest BCUT2D eigenvalue weighted by Crippen LogP contribution is -2.38. The number of likely N-dealkylation sites (tertiary alicyclic amines) is 1. The lowest BCUT2D eigenvalue weighted by molar-refractivity contribution is -0.132. The van der Waals surface area contributed by atoms with Crippen LogP contribution in [0.3, 0.4) is 0 Å². The zero-order valence-corrected chi connectivity index (χ0v) is 12.7. The van der Waals surface area contributed by atoms with Crippen molar-refractivity contribution in [3.05, 3.63) is 30.4 Å². The summed E-state index contributed by atoms with van der Waals surface area (Å²) >= 11 is 0. The minimum absolute atomic E-state index is 0.174. The SMILES string of the molecule is CC1CCN(C(=O)CCc2nnc(-c3cccnc3)o2)CC1. The summed E-state index contributed by atoms with van der Waals surface area (Å²) in [6.07, 6.45) is 6.46. The number of hydrogen-bond donors (Lipinski definition) is 0. The highest BCUT2D eigenvalue weighted by molar-refractivity contribution is 5.76. The van der Waals surface area contributed by atoms with Gasteiger partial charge >= 0.3 is 0 Å². The second kappa shape index (κ2) is 6.68. The molecule has 1 aliphatic rings. The second-order valence-electron chi connectivity index (χ2n) is 5.81. The number of aromatic nitrogens is 3. The van der Waals surface area contributed by atoms with E-state index in [1.807, 2.05) is 17.0 Å². The molecule has 6 nitrogen and oxygen atoms in total. The standard InChI is InChI=1S/C16H20N4O2/c1-12-6-9-20(10-7-12)15(21)5-4-14-18-19-16(22-14)13-3-2-8-17-11-13/h2-3,8,11-12H,4-7,9-10H2,1H3. The molecule has 6 heteroatoms. The average molecular weight is 300 g/mol. The van der Waals surface area contributed by atoms with Gasteiger partial charge in [-0.05, 0) is 30.9 Å². The van der Waals surface area contributed by atoms with Crippen LogP contribution in [-0.4, -0.2) is 39.1 Å². The van der Waals surface area contributed by atoms with Gasteiger partial charge in [-0.1, -0.05) is 6.92 Å². The van der Waals surface area contributed by atoms with Crippen molar-refractivity contribution in [2.45, 2.75) is 32.6 Å². The molecule has 0 aliphatic carbocycles. The molecular formula is C16H20N4O2. The van der Waals surface area contributed by atoms with Gasteiger partial charge in [0.2, 0.25) is 17.7 Å². The molecule has 1 aliphatic heterocycles. The molecule has 2 aromatic rings. The van der Waals surface area contributed by atoms with Crippen LogP contribution in [0, 0.1) is 5.92 Å². The van der Waals surface area contributed by atoms with E-state index in [0.29, 0.717) is 24.6 Å². The predicted molar refractivity (Wildman–Crippen MR) is 80.8 cm³/mol. The number of nitrogens with zero attached hydrogens (tertiary/aromatic N) is 4. The van der Waals surface area contributed by atoms with Crippen molar-refractivity contribution in [1.29, 1.82) is 0 Å². The largest absolute Gasteiger partial charge is 0.421 e. The summed E-state index contributed by atoms with van der Waals surface area (Å²) < 4.78 is 5.59. The normalized spacial score (nSPS) is 16.0. The van der Waals surface area contributed by atoms with E-state index in [2.05, 4.69) is 22.1 Å². The molecule has 22 heavy (non-hydrogen) atoms. The Morgan fingerprint density at radius 1 is 1.36 bits per heavy atom. The van der Waals surface area contributed by atoms with Gasteiger partial charge in [-0.3, -0.25) is 9.78 Å². The van der Waals surface area contributed by atoms with Crippen LogP contribution >= 0.6 is 0 Å². The van der Waals surface area contributed by atoms with Gasteiger partial charge in [0.15, 0.2) is 0 Å². The lowest BCUT2D eigenvalue weighted by atomic mass is 9.99. The van der Waals surface area contributed by atoms with Gasteiger partial charge in [0.05, 0.1) is 5.56 Å². The Morgan fingerprint density at radius 3 is 2.91 bits per heavy atom. The summed E-state index contributed by atoms with van der Waals surface area (Å²) in [6.45, 7) is 3.97.